The molecule has 33 heavy (non-hydrogen) atoms. The van der Waals surface area contributed by atoms with Gasteiger partial charge in [-0.3, -0.25) is 14.4 Å². The number of nitrogens with zero attached hydrogens (tertiary/aromatic N) is 4. The predicted octanol–water partition coefficient (Wildman–Crippen LogP) is 0.844. The SMILES string of the molecule is CC(C)[C@@H]1NC(=O)[C@@H](C)NC(=O)CCCN(C(=O)CN)CCn2nc(-c3ccccc3)nc21. The van der Waals surface area contributed by atoms with E-state index in [2.05, 4.69) is 10.6 Å². The molecule has 0 unspecified atom stereocenters. The van der Waals surface area contributed by atoms with Crippen LogP contribution in [0.4, 0.5) is 0 Å². The van der Waals surface area contributed by atoms with Crippen molar-refractivity contribution in [2.75, 3.05) is 19.6 Å². The predicted molar refractivity (Wildman–Crippen MR) is 124 cm³/mol. The second-order valence-electron chi connectivity index (χ2n) is 8.59. The van der Waals surface area contributed by atoms with E-state index in [1.54, 1.807) is 16.5 Å². The molecule has 2 atom stereocenters. The van der Waals surface area contributed by atoms with Crippen molar-refractivity contribution in [1.29, 1.82) is 0 Å². The number of rotatable bonds is 3. The van der Waals surface area contributed by atoms with Gasteiger partial charge in [0.25, 0.3) is 0 Å². The van der Waals surface area contributed by atoms with E-state index in [0.717, 1.165) is 5.56 Å². The standard InChI is InChI=1S/C23H33N7O3/c1-15(2)20-22-27-21(17-8-5-4-6-9-17)28-30(22)13-12-29(19(32)14-24)11-7-10-18(31)25-16(3)23(33)26-20/h4-6,8-9,15-16,20H,7,10-14,24H2,1-3H3,(H,25,31)(H,26,33)/t16-,20+/m1/s1. The molecule has 1 aromatic carbocycles. The fraction of sp³-hybridized carbons (Fsp3) is 0.522. The molecule has 1 aliphatic heterocycles. The third kappa shape index (κ3) is 6.16. The fourth-order valence-electron chi connectivity index (χ4n) is 3.78. The maximum atomic E-state index is 12.9. The summed E-state index contributed by atoms with van der Waals surface area (Å²) in [5.41, 5.74) is 6.47. The highest BCUT2D eigenvalue weighted by atomic mass is 16.2. The zero-order chi connectivity index (χ0) is 24.0. The summed E-state index contributed by atoms with van der Waals surface area (Å²) >= 11 is 0. The van der Waals surface area contributed by atoms with Gasteiger partial charge in [-0.05, 0) is 19.3 Å². The van der Waals surface area contributed by atoms with Crippen molar-refractivity contribution < 1.29 is 14.4 Å². The second-order valence-corrected chi connectivity index (χ2v) is 8.59. The Balaban J connectivity index is 2.02. The number of carbonyl (C=O) groups is 3. The number of nitrogens with two attached hydrogens (primary N) is 1. The minimum absolute atomic E-state index is 0.0121. The molecular weight excluding hydrogens is 422 g/mol. The van der Waals surface area contributed by atoms with E-state index in [1.807, 2.05) is 44.2 Å². The number of hydrogen-bond donors (Lipinski definition) is 3. The fourth-order valence-corrected chi connectivity index (χ4v) is 3.78. The maximum Gasteiger partial charge on any atom is 0.242 e. The third-order valence-electron chi connectivity index (χ3n) is 5.69. The first-order valence-corrected chi connectivity index (χ1v) is 11.4. The summed E-state index contributed by atoms with van der Waals surface area (Å²) < 4.78 is 1.76. The Morgan fingerprint density at radius 1 is 1.15 bits per heavy atom. The molecule has 0 aliphatic carbocycles. The maximum absolute atomic E-state index is 12.9. The van der Waals surface area contributed by atoms with Crippen LogP contribution in [-0.2, 0) is 20.9 Å². The van der Waals surface area contributed by atoms with Gasteiger partial charge in [0, 0.05) is 25.1 Å². The molecule has 0 spiro atoms. The number of benzene rings is 1. The van der Waals surface area contributed by atoms with E-state index < -0.39 is 12.1 Å². The van der Waals surface area contributed by atoms with E-state index >= 15 is 0 Å². The van der Waals surface area contributed by atoms with Gasteiger partial charge in [0.1, 0.15) is 6.04 Å². The van der Waals surface area contributed by atoms with Crippen LogP contribution in [0, 0.1) is 5.92 Å². The highest BCUT2D eigenvalue weighted by molar-refractivity contribution is 5.87. The lowest BCUT2D eigenvalue weighted by molar-refractivity contribution is -0.131. The number of nitrogens with one attached hydrogen (secondary N) is 2. The summed E-state index contributed by atoms with van der Waals surface area (Å²) in [5, 5.41) is 10.5. The van der Waals surface area contributed by atoms with Crippen molar-refractivity contribution in [2.24, 2.45) is 11.7 Å². The van der Waals surface area contributed by atoms with E-state index in [1.165, 1.54) is 0 Å². The van der Waals surface area contributed by atoms with Crippen molar-refractivity contribution in [3.63, 3.8) is 0 Å². The molecule has 4 N–H and O–H groups in total. The lowest BCUT2D eigenvalue weighted by Crippen LogP contribution is -2.47. The van der Waals surface area contributed by atoms with Gasteiger partial charge < -0.3 is 21.3 Å². The average molecular weight is 456 g/mol. The van der Waals surface area contributed by atoms with Crippen LogP contribution < -0.4 is 16.4 Å². The molecule has 0 saturated heterocycles. The Morgan fingerprint density at radius 3 is 2.55 bits per heavy atom. The van der Waals surface area contributed by atoms with Crippen LogP contribution in [0.5, 0.6) is 0 Å². The lowest BCUT2D eigenvalue weighted by atomic mass is 10.0. The molecule has 0 bridgehead atoms. The molecule has 0 saturated carbocycles. The number of carbonyl (C=O) groups excluding carboxylic acids is 3. The van der Waals surface area contributed by atoms with Crippen molar-refractivity contribution in [3.05, 3.63) is 36.2 Å². The molecule has 3 rings (SSSR count). The smallest absolute Gasteiger partial charge is 0.242 e. The average Bonchev–Trinajstić information content (AvgIpc) is 3.22. The van der Waals surface area contributed by atoms with Gasteiger partial charge in [0.15, 0.2) is 11.6 Å². The van der Waals surface area contributed by atoms with Crippen LogP contribution in [0.25, 0.3) is 11.4 Å². The van der Waals surface area contributed by atoms with Crippen LogP contribution in [-0.4, -0.2) is 63.1 Å². The Labute approximate surface area is 193 Å². The zero-order valence-electron chi connectivity index (χ0n) is 19.5. The normalized spacial score (nSPS) is 20.6. The largest absolute Gasteiger partial charge is 0.345 e. The first-order valence-electron chi connectivity index (χ1n) is 11.4. The first kappa shape index (κ1) is 24.4. The Hall–Kier alpha value is -3.27. The van der Waals surface area contributed by atoms with E-state index in [4.69, 9.17) is 15.8 Å². The van der Waals surface area contributed by atoms with Crippen LogP contribution >= 0.6 is 0 Å². The number of amides is 3. The molecule has 10 nitrogen and oxygen atoms in total. The molecule has 1 aromatic heterocycles. The van der Waals surface area contributed by atoms with E-state index in [9.17, 15) is 14.4 Å². The minimum atomic E-state index is -0.701. The van der Waals surface area contributed by atoms with Crippen LogP contribution in [0.1, 0.15) is 45.5 Å². The van der Waals surface area contributed by atoms with Crippen LogP contribution in [0.2, 0.25) is 0 Å². The van der Waals surface area contributed by atoms with Gasteiger partial charge in [-0.2, -0.15) is 5.10 Å². The summed E-state index contributed by atoms with van der Waals surface area (Å²) in [6, 6.07) is 8.48. The zero-order valence-corrected chi connectivity index (χ0v) is 19.5. The van der Waals surface area contributed by atoms with Gasteiger partial charge in [-0.25, -0.2) is 9.67 Å². The number of aromatic nitrogens is 3. The van der Waals surface area contributed by atoms with Crippen molar-refractivity contribution >= 4 is 17.7 Å². The van der Waals surface area contributed by atoms with Crippen LogP contribution in [0.3, 0.4) is 0 Å². The quantitative estimate of drug-likeness (QED) is 0.628. The summed E-state index contributed by atoms with van der Waals surface area (Å²) in [6.07, 6.45) is 0.687. The lowest BCUT2D eigenvalue weighted by Gasteiger charge is -2.27. The molecule has 10 heteroatoms. The highest BCUT2D eigenvalue weighted by Gasteiger charge is 2.28. The summed E-state index contributed by atoms with van der Waals surface area (Å²) in [4.78, 5) is 44.0. The molecular formula is C23H33N7O3. The molecule has 3 amide bonds. The van der Waals surface area contributed by atoms with Gasteiger partial charge in [-0.1, -0.05) is 44.2 Å². The van der Waals surface area contributed by atoms with Gasteiger partial charge >= 0.3 is 0 Å². The molecule has 178 valence electrons. The highest BCUT2D eigenvalue weighted by Crippen LogP contribution is 2.24. The van der Waals surface area contributed by atoms with Crippen molar-refractivity contribution in [3.8, 4) is 11.4 Å². The first-order chi connectivity index (χ1) is 15.8. The Kier molecular flexibility index (Phi) is 8.16. The number of hydrogen-bond acceptors (Lipinski definition) is 6. The van der Waals surface area contributed by atoms with Gasteiger partial charge in [0.05, 0.1) is 19.1 Å². The van der Waals surface area contributed by atoms with Crippen molar-refractivity contribution in [1.82, 2.24) is 30.3 Å². The van der Waals surface area contributed by atoms with Gasteiger partial charge in [0.2, 0.25) is 17.7 Å². The van der Waals surface area contributed by atoms with Gasteiger partial charge in [-0.15, -0.1) is 0 Å². The topological polar surface area (TPSA) is 135 Å². The summed E-state index contributed by atoms with van der Waals surface area (Å²) in [6.45, 7) is 6.69. The number of fused-ring (bicyclic) bond motifs is 1. The second kappa shape index (κ2) is 11.0. The summed E-state index contributed by atoms with van der Waals surface area (Å²) in [5.74, 6) is 0.466. The molecule has 0 fully saturated rings. The van der Waals surface area contributed by atoms with E-state index in [-0.39, 0.29) is 36.6 Å². The van der Waals surface area contributed by atoms with E-state index in [0.29, 0.717) is 37.7 Å². The molecule has 1 aliphatic rings. The Bertz CT molecular complexity index is 974. The third-order valence-corrected chi connectivity index (χ3v) is 5.69. The minimum Gasteiger partial charge on any atom is -0.345 e. The van der Waals surface area contributed by atoms with Crippen molar-refractivity contribution in [2.45, 2.75) is 52.2 Å². The summed E-state index contributed by atoms with van der Waals surface area (Å²) in [7, 11) is 0. The van der Waals surface area contributed by atoms with Crippen LogP contribution in [0.15, 0.2) is 30.3 Å². The monoisotopic (exact) mass is 455 g/mol. The Morgan fingerprint density at radius 2 is 1.88 bits per heavy atom. The molecule has 2 aromatic rings. The molecule has 2 heterocycles. The molecule has 0 radical (unpaired) electrons.